The Morgan fingerprint density at radius 3 is 3.00 bits per heavy atom. The molecule has 0 fully saturated rings. The van der Waals surface area contributed by atoms with Crippen LogP contribution < -0.4 is 0 Å². The van der Waals surface area contributed by atoms with Gasteiger partial charge >= 0.3 is 0 Å². The summed E-state index contributed by atoms with van der Waals surface area (Å²) in [6.07, 6.45) is 3.98. The van der Waals surface area contributed by atoms with Crippen molar-refractivity contribution in [3.05, 3.63) is 52.6 Å². The summed E-state index contributed by atoms with van der Waals surface area (Å²) in [4.78, 5) is 5.33. The highest BCUT2D eigenvalue weighted by Gasteiger charge is 2.03. The van der Waals surface area contributed by atoms with Gasteiger partial charge in [-0.1, -0.05) is 6.07 Å². The van der Waals surface area contributed by atoms with Crippen molar-refractivity contribution in [1.29, 1.82) is 0 Å². The van der Waals surface area contributed by atoms with Crippen molar-refractivity contribution in [3.63, 3.8) is 0 Å². The molecule has 0 amide bonds. The van der Waals surface area contributed by atoms with Gasteiger partial charge in [-0.2, -0.15) is 0 Å². The van der Waals surface area contributed by atoms with E-state index in [0.717, 1.165) is 12.1 Å². The van der Waals surface area contributed by atoms with Crippen LogP contribution >= 0.6 is 11.3 Å². The van der Waals surface area contributed by atoms with Gasteiger partial charge in [0, 0.05) is 22.8 Å². The summed E-state index contributed by atoms with van der Waals surface area (Å²) in [6.45, 7) is 0.947. The molecule has 0 aliphatic rings. The molecule has 4 heteroatoms. The van der Waals surface area contributed by atoms with Gasteiger partial charge in [0.1, 0.15) is 0 Å². The molecule has 86 valence electrons. The second kappa shape index (κ2) is 4.31. The summed E-state index contributed by atoms with van der Waals surface area (Å²) in [5, 5.41) is 10.3. The van der Waals surface area contributed by atoms with E-state index >= 15 is 0 Å². The molecule has 3 nitrogen and oxygen atoms in total. The molecule has 0 unspecified atom stereocenters. The van der Waals surface area contributed by atoms with Gasteiger partial charge in [-0.25, -0.2) is 0 Å². The Kier molecular flexibility index (Phi) is 2.66. The quantitative estimate of drug-likeness (QED) is 0.769. The van der Waals surface area contributed by atoms with Gasteiger partial charge < -0.3 is 9.67 Å². The molecule has 0 spiro atoms. The third-order valence-electron chi connectivity index (χ3n) is 2.83. The molecule has 1 aromatic carbocycles. The number of thiazole rings is 1. The van der Waals surface area contributed by atoms with E-state index < -0.39 is 0 Å². The number of fused-ring (bicyclic) bond motifs is 1. The first-order valence-electron chi connectivity index (χ1n) is 5.43. The molecule has 2 heterocycles. The molecule has 1 N–H and O–H groups in total. The maximum Gasteiger partial charge on any atom is 0.0794 e. The molecule has 0 saturated heterocycles. The smallest absolute Gasteiger partial charge is 0.0794 e. The average Bonchev–Trinajstić information content (AvgIpc) is 2.99. The second-order valence-corrected chi connectivity index (χ2v) is 4.93. The van der Waals surface area contributed by atoms with Gasteiger partial charge in [0.2, 0.25) is 0 Å². The minimum atomic E-state index is 0.0932. The van der Waals surface area contributed by atoms with Crippen LogP contribution in [0.2, 0.25) is 0 Å². The highest BCUT2D eigenvalue weighted by Crippen LogP contribution is 2.20. The van der Waals surface area contributed by atoms with Crippen LogP contribution in [0.25, 0.3) is 10.9 Å². The van der Waals surface area contributed by atoms with Gasteiger partial charge in [0.15, 0.2) is 0 Å². The maximum absolute atomic E-state index is 9.10. The number of aromatic nitrogens is 2. The molecule has 0 aliphatic carbocycles. The number of aliphatic hydroxyl groups is 1. The fourth-order valence-electron chi connectivity index (χ4n) is 1.97. The Balaban J connectivity index is 2.00. The van der Waals surface area contributed by atoms with Crippen molar-refractivity contribution >= 4 is 22.2 Å². The fourth-order valence-corrected chi connectivity index (χ4v) is 2.57. The minimum Gasteiger partial charge on any atom is -0.392 e. The number of benzene rings is 1. The van der Waals surface area contributed by atoms with E-state index in [2.05, 4.69) is 27.9 Å². The minimum absolute atomic E-state index is 0.0932. The lowest BCUT2D eigenvalue weighted by Crippen LogP contribution is -1.95. The molecule has 3 rings (SSSR count). The molecule has 3 aromatic rings. The standard InChI is InChI=1S/C13H12N2OS/c16-8-10-1-2-13-11(5-10)3-4-15(13)7-12-6-14-9-17-12/h1-6,9,16H,7-8H2. The van der Waals surface area contributed by atoms with Crippen molar-refractivity contribution in [2.45, 2.75) is 13.2 Å². The second-order valence-electron chi connectivity index (χ2n) is 3.96. The molecule has 2 aromatic heterocycles. The Labute approximate surface area is 103 Å². The van der Waals surface area contributed by atoms with E-state index in [1.807, 2.05) is 23.8 Å². The predicted molar refractivity (Wildman–Crippen MR) is 69.1 cm³/mol. The lowest BCUT2D eigenvalue weighted by atomic mass is 10.2. The summed E-state index contributed by atoms with van der Waals surface area (Å²) in [6, 6.07) is 8.13. The number of hydrogen-bond acceptors (Lipinski definition) is 3. The lowest BCUT2D eigenvalue weighted by Gasteiger charge is -2.03. The molecule has 0 aliphatic heterocycles. The van der Waals surface area contributed by atoms with Crippen molar-refractivity contribution in [3.8, 4) is 0 Å². The van der Waals surface area contributed by atoms with Gasteiger partial charge in [-0.05, 0) is 29.1 Å². The zero-order valence-corrected chi connectivity index (χ0v) is 10.0. The largest absolute Gasteiger partial charge is 0.392 e. The maximum atomic E-state index is 9.10. The van der Waals surface area contributed by atoms with E-state index in [1.54, 1.807) is 11.3 Å². The Bertz CT molecular complexity index is 628. The van der Waals surface area contributed by atoms with Crippen LogP contribution in [-0.4, -0.2) is 14.7 Å². The molecule has 0 saturated carbocycles. The lowest BCUT2D eigenvalue weighted by molar-refractivity contribution is 0.282. The van der Waals surface area contributed by atoms with E-state index in [4.69, 9.17) is 5.11 Å². The molecule has 0 atom stereocenters. The topological polar surface area (TPSA) is 38.0 Å². The zero-order chi connectivity index (χ0) is 11.7. The predicted octanol–water partition coefficient (Wildman–Crippen LogP) is 2.64. The first kappa shape index (κ1) is 10.5. The van der Waals surface area contributed by atoms with Crippen LogP contribution in [0.15, 0.2) is 42.2 Å². The third kappa shape index (κ3) is 1.97. The van der Waals surface area contributed by atoms with Gasteiger partial charge in [0.05, 0.1) is 18.7 Å². The van der Waals surface area contributed by atoms with Gasteiger partial charge in [0.25, 0.3) is 0 Å². The number of aliphatic hydroxyl groups excluding tert-OH is 1. The first-order chi connectivity index (χ1) is 8.36. The van der Waals surface area contributed by atoms with Crippen LogP contribution in [-0.2, 0) is 13.2 Å². The van der Waals surface area contributed by atoms with Gasteiger partial charge in [-0.3, -0.25) is 4.98 Å². The molecular weight excluding hydrogens is 232 g/mol. The highest BCUT2D eigenvalue weighted by atomic mass is 32.1. The summed E-state index contributed by atoms with van der Waals surface area (Å²) in [5.74, 6) is 0. The Hall–Kier alpha value is -1.65. The number of nitrogens with zero attached hydrogens (tertiary/aromatic N) is 2. The third-order valence-corrected chi connectivity index (χ3v) is 3.59. The van der Waals surface area contributed by atoms with Crippen LogP contribution in [0.1, 0.15) is 10.4 Å². The summed E-state index contributed by atoms with van der Waals surface area (Å²) in [5.41, 5.74) is 3.99. The van der Waals surface area contributed by atoms with E-state index in [0.29, 0.717) is 0 Å². The highest BCUT2D eigenvalue weighted by molar-refractivity contribution is 7.09. The number of rotatable bonds is 3. The monoisotopic (exact) mass is 244 g/mol. The van der Waals surface area contributed by atoms with Crippen LogP contribution in [0, 0.1) is 0 Å². The Morgan fingerprint density at radius 1 is 1.29 bits per heavy atom. The Morgan fingerprint density at radius 2 is 2.24 bits per heavy atom. The van der Waals surface area contributed by atoms with Crippen LogP contribution in [0.4, 0.5) is 0 Å². The van der Waals surface area contributed by atoms with Crippen molar-refractivity contribution in [2.24, 2.45) is 0 Å². The van der Waals surface area contributed by atoms with Crippen molar-refractivity contribution in [1.82, 2.24) is 9.55 Å². The SMILES string of the molecule is OCc1ccc2c(ccn2Cc2cncs2)c1. The average molecular weight is 244 g/mol. The number of hydrogen-bond donors (Lipinski definition) is 1. The van der Waals surface area contributed by atoms with Crippen LogP contribution in [0.5, 0.6) is 0 Å². The first-order valence-corrected chi connectivity index (χ1v) is 6.31. The van der Waals surface area contributed by atoms with Crippen LogP contribution in [0.3, 0.4) is 0 Å². The van der Waals surface area contributed by atoms with E-state index in [-0.39, 0.29) is 6.61 Å². The fraction of sp³-hybridized carbons (Fsp3) is 0.154. The molecule has 17 heavy (non-hydrogen) atoms. The summed E-state index contributed by atoms with van der Waals surface area (Å²) < 4.78 is 2.20. The molecule has 0 radical (unpaired) electrons. The summed E-state index contributed by atoms with van der Waals surface area (Å²) in [7, 11) is 0. The molecule has 0 bridgehead atoms. The van der Waals surface area contributed by atoms with E-state index in [9.17, 15) is 0 Å². The zero-order valence-electron chi connectivity index (χ0n) is 9.21. The van der Waals surface area contributed by atoms with Gasteiger partial charge in [-0.15, -0.1) is 11.3 Å². The molecular formula is C13H12N2OS. The summed E-state index contributed by atoms with van der Waals surface area (Å²) >= 11 is 1.67. The normalized spacial score (nSPS) is 11.1. The van der Waals surface area contributed by atoms with Crippen molar-refractivity contribution in [2.75, 3.05) is 0 Å². The van der Waals surface area contributed by atoms with Crippen molar-refractivity contribution < 1.29 is 5.11 Å². The van der Waals surface area contributed by atoms with E-state index in [1.165, 1.54) is 15.8 Å².